The minimum atomic E-state index is -0.282. The largest absolute Gasteiger partial charge is 0.295 e. The fourth-order valence-corrected chi connectivity index (χ4v) is 8.69. The number of benzene rings is 7. The highest BCUT2D eigenvalue weighted by atomic mass is 15.3. The van der Waals surface area contributed by atoms with Crippen LogP contribution in [0.25, 0.3) is 73.0 Å². The van der Waals surface area contributed by atoms with Crippen LogP contribution in [0.5, 0.6) is 0 Å². The topological polar surface area (TPSA) is 46.8 Å². The van der Waals surface area contributed by atoms with Gasteiger partial charge in [0.25, 0.3) is 0 Å². The smallest absolute Gasteiger partial charge is 0.164 e. The van der Waals surface area contributed by atoms with Crippen molar-refractivity contribution < 1.29 is 0 Å². The highest BCUT2D eigenvalue weighted by molar-refractivity contribution is 5.99. The highest BCUT2D eigenvalue weighted by Crippen LogP contribution is 2.53. The second-order valence-corrected chi connectivity index (χ2v) is 14.9. The van der Waals surface area contributed by atoms with Gasteiger partial charge in [0.15, 0.2) is 17.5 Å². The first kappa shape index (κ1) is 31.4. The molecule has 0 amide bonds. The van der Waals surface area contributed by atoms with Crippen LogP contribution in [0.4, 0.5) is 17.2 Å². The van der Waals surface area contributed by atoms with Crippen LogP contribution in [-0.4, -0.2) is 19.5 Å². The number of hydrogen-bond donors (Lipinski definition) is 0. The van der Waals surface area contributed by atoms with Gasteiger partial charge in [0.05, 0.1) is 16.9 Å². The molecule has 5 nitrogen and oxygen atoms in total. The third kappa shape index (κ3) is 4.83. The van der Waals surface area contributed by atoms with Gasteiger partial charge in [-0.2, -0.15) is 0 Å². The van der Waals surface area contributed by atoms with Crippen molar-refractivity contribution in [3.63, 3.8) is 0 Å². The average molecular weight is 706 g/mol. The van der Waals surface area contributed by atoms with Gasteiger partial charge in [-0.1, -0.05) is 147 Å². The highest BCUT2D eigenvalue weighted by Gasteiger charge is 2.37. The summed E-state index contributed by atoms with van der Waals surface area (Å²) in [7, 11) is 0. The molecule has 7 aromatic carbocycles. The van der Waals surface area contributed by atoms with Crippen LogP contribution < -0.4 is 4.90 Å². The van der Waals surface area contributed by atoms with Crippen molar-refractivity contribution in [3.8, 4) is 62.1 Å². The van der Waals surface area contributed by atoms with E-state index in [0.29, 0.717) is 17.5 Å². The second-order valence-electron chi connectivity index (χ2n) is 14.9. The number of nitrogens with zero attached hydrogens (tertiary/aromatic N) is 5. The van der Waals surface area contributed by atoms with E-state index in [4.69, 9.17) is 15.0 Å². The van der Waals surface area contributed by atoms with Crippen LogP contribution in [0.2, 0.25) is 0 Å². The zero-order valence-corrected chi connectivity index (χ0v) is 30.5. The molecule has 55 heavy (non-hydrogen) atoms. The Hall–Kier alpha value is -7.11. The number of anilines is 3. The summed E-state index contributed by atoms with van der Waals surface area (Å²) in [6.07, 6.45) is 0. The summed E-state index contributed by atoms with van der Waals surface area (Å²) < 4.78 is 2.42. The van der Waals surface area contributed by atoms with E-state index in [1.807, 2.05) is 36.4 Å². The molecule has 5 heteroatoms. The normalized spacial score (nSPS) is 13.4. The first-order valence-corrected chi connectivity index (χ1v) is 18.8. The molecule has 0 saturated heterocycles. The maximum Gasteiger partial charge on any atom is 0.164 e. The molecule has 1 aliphatic heterocycles. The molecule has 9 aromatic rings. The van der Waals surface area contributed by atoms with Crippen molar-refractivity contribution in [3.05, 3.63) is 187 Å². The fourth-order valence-electron chi connectivity index (χ4n) is 8.69. The van der Waals surface area contributed by atoms with E-state index in [1.165, 1.54) is 50.0 Å². The molecule has 11 rings (SSSR count). The van der Waals surface area contributed by atoms with Crippen molar-refractivity contribution in [1.82, 2.24) is 19.5 Å². The molecule has 0 fully saturated rings. The Labute approximate surface area is 319 Å². The predicted molar refractivity (Wildman–Crippen MR) is 224 cm³/mol. The quantitative estimate of drug-likeness (QED) is 0.183. The Morgan fingerprint density at radius 1 is 0.418 bits per heavy atom. The number of fused-ring (bicyclic) bond motifs is 10. The van der Waals surface area contributed by atoms with E-state index in [9.17, 15) is 0 Å². The van der Waals surface area contributed by atoms with Gasteiger partial charge in [-0.25, -0.2) is 15.0 Å². The van der Waals surface area contributed by atoms with Gasteiger partial charge in [-0.15, -0.1) is 0 Å². The lowest BCUT2D eigenvalue weighted by molar-refractivity contribution is 0.660. The van der Waals surface area contributed by atoms with Gasteiger partial charge in [-0.05, 0) is 64.7 Å². The summed E-state index contributed by atoms with van der Waals surface area (Å²) in [5, 5.41) is 1.21. The van der Waals surface area contributed by atoms with Gasteiger partial charge in [0.1, 0.15) is 5.82 Å². The van der Waals surface area contributed by atoms with Gasteiger partial charge in [-0.3, -0.25) is 9.47 Å². The van der Waals surface area contributed by atoms with Crippen LogP contribution in [0, 0.1) is 0 Å². The minimum absolute atomic E-state index is 0.282. The molecule has 0 unspecified atom stereocenters. The van der Waals surface area contributed by atoms with Crippen molar-refractivity contribution in [2.75, 3.05) is 4.90 Å². The molecule has 3 heterocycles. The molecule has 0 atom stereocenters. The lowest BCUT2D eigenvalue weighted by atomic mass is 9.81. The maximum atomic E-state index is 5.05. The van der Waals surface area contributed by atoms with E-state index in [0.717, 1.165) is 33.9 Å². The second kappa shape index (κ2) is 12.0. The minimum Gasteiger partial charge on any atom is -0.295 e. The van der Waals surface area contributed by atoms with Gasteiger partial charge in [0, 0.05) is 44.3 Å². The molecule has 0 bridgehead atoms. The monoisotopic (exact) mass is 705 g/mol. The Kier molecular flexibility index (Phi) is 6.83. The first-order valence-electron chi connectivity index (χ1n) is 18.8. The van der Waals surface area contributed by atoms with Crippen LogP contribution in [0.1, 0.15) is 25.0 Å². The molecule has 0 spiro atoms. The fraction of sp³-hybridized carbons (Fsp3) is 0.0600. The van der Waals surface area contributed by atoms with E-state index in [1.54, 1.807) is 0 Å². The number of rotatable bonds is 4. The predicted octanol–water partition coefficient (Wildman–Crippen LogP) is 12.6. The van der Waals surface area contributed by atoms with E-state index in [-0.39, 0.29) is 5.41 Å². The Bertz CT molecular complexity index is 2900. The SMILES string of the molecule is CC1(C)c2cc(-c3nc(-c4ccccc4)nc(-c4ccccc4)n3)ccc2-c2ccc(N3c4ccccc4-c4ccccc4-n4c3cc3ccccc34)cc21. The maximum absolute atomic E-state index is 5.05. The Morgan fingerprint density at radius 2 is 0.945 bits per heavy atom. The van der Waals surface area contributed by atoms with Crippen molar-refractivity contribution in [2.45, 2.75) is 19.3 Å². The summed E-state index contributed by atoms with van der Waals surface area (Å²) in [6, 6.07) is 62.6. The summed E-state index contributed by atoms with van der Waals surface area (Å²) in [6.45, 7) is 4.68. The molecule has 2 aromatic heterocycles. The Balaban J connectivity index is 1.06. The molecule has 0 saturated carbocycles. The third-order valence-electron chi connectivity index (χ3n) is 11.4. The van der Waals surface area contributed by atoms with Crippen molar-refractivity contribution in [1.29, 1.82) is 0 Å². The zero-order valence-electron chi connectivity index (χ0n) is 30.5. The van der Waals surface area contributed by atoms with Crippen LogP contribution >= 0.6 is 0 Å². The van der Waals surface area contributed by atoms with Crippen LogP contribution in [-0.2, 0) is 5.41 Å². The average Bonchev–Trinajstić information content (AvgIpc) is 3.68. The van der Waals surface area contributed by atoms with Crippen LogP contribution in [0.15, 0.2) is 176 Å². The lowest BCUT2D eigenvalue weighted by Crippen LogP contribution is -2.17. The number of aromatic nitrogens is 4. The van der Waals surface area contributed by atoms with Gasteiger partial charge in [0.2, 0.25) is 0 Å². The molecule has 0 N–H and O–H groups in total. The van der Waals surface area contributed by atoms with E-state index < -0.39 is 0 Å². The molecular weight excluding hydrogens is 671 g/mol. The molecule has 260 valence electrons. The molecule has 0 radical (unpaired) electrons. The lowest BCUT2D eigenvalue weighted by Gasteiger charge is -2.28. The van der Waals surface area contributed by atoms with Crippen molar-refractivity contribution in [2.24, 2.45) is 0 Å². The number of para-hydroxylation sites is 3. The molecular formula is C50H35N5. The van der Waals surface area contributed by atoms with Crippen LogP contribution in [0.3, 0.4) is 0 Å². The van der Waals surface area contributed by atoms with Crippen molar-refractivity contribution >= 4 is 28.1 Å². The summed E-state index contributed by atoms with van der Waals surface area (Å²) in [5.41, 5.74) is 14.7. The van der Waals surface area contributed by atoms with E-state index >= 15 is 0 Å². The standard InChI is InChI=1S/C50H35N5/c1-50(2)41-29-35(49-52-47(32-15-5-3-6-16-32)51-48(53-49)33-17-7-4-8-18-33)25-27-37(41)38-28-26-36(31-42(38)50)54-44-23-13-10-20-39(44)40-21-11-14-24-45(40)55-43-22-12-9-19-34(43)30-46(54)55/h3-31H,1-2H3. The zero-order chi connectivity index (χ0) is 36.7. The van der Waals surface area contributed by atoms with Gasteiger partial charge >= 0.3 is 0 Å². The molecule has 1 aliphatic carbocycles. The first-order chi connectivity index (χ1) is 27.0. The van der Waals surface area contributed by atoms with E-state index in [2.05, 4.69) is 163 Å². The number of hydrogen-bond acceptors (Lipinski definition) is 4. The summed E-state index contributed by atoms with van der Waals surface area (Å²) in [5.74, 6) is 3.10. The summed E-state index contributed by atoms with van der Waals surface area (Å²) in [4.78, 5) is 17.5. The third-order valence-corrected chi connectivity index (χ3v) is 11.4. The molecule has 2 aliphatic rings. The Morgan fingerprint density at radius 3 is 1.64 bits per heavy atom. The summed E-state index contributed by atoms with van der Waals surface area (Å²) >= 11 is 0. The van der Waals surface area contributed by atoms with Gasteiger partial charge < -0.3 is 0 Å².